The van der Waals surface area contributed by atoms with Crippen LogP contribution in [0.3, 0.4) is 0 Å². The number of aliphatic hydroxyl groups excluding tert-OH is 1. The number of para-hydroxylation sites is 1. The quantitative estimate of drug-likeness (QED) is 0.438. The molecule has 0 aliphatic rings. The summed E-state index contributed by atoms with van der Waals surface area (Å²) in [6, 6.07) is 16.3. The number of hydrazone groups is 1. The van der Waals surface area contributed by atoms with E-state index < -0.39 is 12.0 Å². The smallest absolute Gasteiger partial charge is 0.273 e. The number of amides is 2. The van der Waals surface area contributed by atoms with Crippen molar-refractivity contribution in [1.82, 2.24) is 9.99 Å². The highest BCUT2D eigenvalue weighted by Crippen LogP contribution is 2.20. The Kier molecular flexibility index (Phi) is 5.63. The van der Waals surface area contributed by atoms with E-state index in [1.165, 1.54) is 6.21 Å². The Morgan fingerprint density at radius 3 is 2.59 bits per heavy atom. The molecule has 1 aromatic heterocycles. The van der Waals surface area contributed by atoms with Gasteiger partial charge in [0, 0.05) is 35.6 Å². The SMILES string of the molecule is NC(=O)CCn1cc(/C=N\NC(=O)[C@@H](O)c2ccccc2)c2ccccc21. The van der Waals surface area contributed by atoms with Crippen molar-refractivity contribution < 1.29 is 14.7 Å². The number of aryl methyl sites for hydroxylation is 1. The Labute approximate surface area is 156 Å². The normalized spacial score (nSPS) is 12.3. The minimum absolute atomic E-state index is 0.231. The zero-order valence-corrected chi connectivity index (χ0v) is 14.6. The van der Waals surface area contributed by atoms with Crippen LogP contribution in [0.1, 0.15) is 23.7 Å². The van der Waals surface area contributed by atoms with Crippen molar-refractivity contribution in [3.8, 4) is 0 Å². The Hall–Kier alpha value is -3.45. The largest absolute Gasteiger partial charge is 0.378 e. The van der Waals surface area contributed by atoms with Crippen molar-refractivity contribution in [2.45, 2.75) is 19.1 Å². The lowest BCUT2D eigenvalue weighted by Crippen LogP contribution is -2.25. The fourth-order valence-corrected chi connectivity index (χ4v) is 2.81. The summed E-state index contributed by atoms with van der Waals surface area (Å²) in [5.41, 5.74) is 9.80. The zero-order chi connectivity index (χ0) is 19.2. The first kappa shape index (κ1) is 18.3. The maximum absolute atomic E-state index is 12.0. The number of hydrogen-bond donors (Lipinski definition) is 3. The molecule has 0 fully saturated rings. The number of aromatic nitrogens is 1. The van der Waals surface area contributed by atoms with E-state index in [1.54, 1.807) is 30.3 Å². The van der Waals surface area contributed by atoms with E-state index >= 15 is 0 Å². The lowest BCUT2D eigenvalue weighted by atomic mass is 10.1. The van der Waals surface area contributed by atoms with Crippen molar-refractivity contribution in [1.29, 1.82) is 0 Å². The molecule has 0 bridgehead atoms. The highest BCUT2D eigenvalue weighted by atomic mass is 16.3. The molecule has 4 N–H and O–H groups in total. The number of primary amides is 1. The van der Waals surface area contributed by atoms with E-state index in [0.29, 0.717) is 12.1 Å². The van der Waals surface area contributed by atoms with E-state index in [-0.39, 0.29) is 12.3 Å². The van der Waals surface area contributed by atoms with Gasteiger partial charge in [-0.05, 0) is 11.6 Å². The molecule has 0 spiro atoms. The number of hydrogen-bond acceptors (Lipinski definition) is 4. The summed E-state index contributed by atoms with van der Waals surface area (Å²) in [6.07, 6.45) is 2.30. The molecular formula is C20H20N4O3. The standard InChI is InChI=1S/C20H20N4O3/c21-18(25)10-11-24-13-15(16-8-4-5-9-17(16)24)12-22-23-20(27)19(26)14-6-2-1-3-7-14/h1-9,12-13,19,26H,10-11H2,(H2,21,25)(H,23,27)/b22-12-/t19-/m0/s1. The molecule has 0 aliphatic heterocycles. The molecule has 2 aromatic carbocycles. The predicted octanol–water partition coefficient (Wildman–Crippen LogP) is 1.70. The average Bonchev–Trinajstić information content (AvgIpc) is 3.04. The summed E-state index contributed by atoms with van der Waals surface area (Å²) in [5.74, 6) is -0.986. The summed E-state index contributed by atoms with van der Waals surface area (Å²) in [4.78, 5) is 23.1. The number of nitrogens with two attached hydrogens (primary N) is 1. The Morgan fingerprint density at radius 2 is 1.85 bits per heavy atom. The van der Waals surface area contributed by atoms with Crippen LogP contribution in [0.2, 0.25) is 0 Å². The highest BCUT2D eigenvalue weighted by molar-refractivity contribution is 5.99. The lowest BCUT2D eigenvalue weighted by molar-refractivity contribution is -0.129. The molecule has 0 aliphatic carbocycles. The van der Waals surface area contributed by atoms with Gasteiger partial charge in [0.2, 0.25) is 5.91 Å². The Morgan fingerprint density at radius 1 is 1.15 bits per heavy atom. The van der Waals surface area contributed by atoms with Crippen LogP contribution in [0.15, 0.2) is 65.9 Å². The van der Waals surface area contributed by atoms with Gasteiger partial charge in [0.05, 0.1) is 6.21 Å². The molecule has 27 heavy (non-hydrogen) atoms. The minimum atomic E-state index is -1.29. The molecular weight excluding hydrogens is 344 g/mol. The van der Waals surface area contributed by atoms with Gasteiger partial charge in [-0.25, -0.2) is 5.43 Å². The van der Waals surface area contributed by atoms with Crippen LogP contribution in [0.5, 0.6) is 0 Å². The number of nitrogens with one attached hydrogen (secondary N) is 1. The Bertz CT molecular complexity index is 979. The summed E-state index contributed by atoms with van der Waals surface area (Å²) in [7, 11) is 0. The second-order valence-corrected chi connectivity index (χ2v) is 6.06. The molecule has 0 saturated heterocycles. The predicted molar refractivity (Wildman–Crippen MR) is 103 cm³/mol. The van der Waals surface area contributed by atoms with Crippen LogP contribution in [0.4, 0.5) is 0 Å². The Balaban J connectivity index is 1.74. The maximum atomic E-state index is 12.0. The molecule has 0 radical (unpaired) electrons. The van der Waals surface area contributed by atoms with E-state index in [2.05, 4.69) is 10.5 Å². The number of benzene rings is 2. The van der Waals surface area contributed by atoms with Gasteiger partial charge in [0.25, 0.3) is 5.91 Å². The number of rotatable bonds is 7. The first-order valence-electron chi connectivity index (χ1n) is 8.48. The van der Waals surface area contributed by atoms with Crippen molar-refractivity contribution in [2.24, 2.45) is 10.8 Å². The van der Waals surface area contributed by atoms with Gasteiger partial charge in [-0.1, -0.05) is 48.5 Å². The molecule has 0 saturated carbocycles. The average molecular weight is 364 g/mol. The van der Waals surface area contributed by atoms with Gasteiger partial charge >= 0.3 is 0 Å². The third kappa shape index (κ3) is 4.39. The molecule has 1 atom stereocenters. The number of carbonyl (C=O) groups excluding carboxylic acids is 2. The number of nitrogens with zero attached hydrogens (tertiary/aromatic N) is 2. The summed E-state index contributed by atoms with van der Waals surface area (Å²) >= 11 is 0. The van der Waals surface area contributed by atoms with E-state index in [9.17, 15) is 14.7 Å². The van der Waals surface area contributed by atoms with Gasteiger partial charge in [-0.3, -0.25) is 9.59 Å². The first-order chi connectivity index (χ1) is 13.1. The third-order valence-corrected chi connectivity index (χ3v) is 4.16. The molecule has 7 nitrogen and oxygen atoms in total. The van der Waals surface area contributed by atoms with Gasteiger partial charge in [0.15, 0.2) is 6.10 Å². The number of fused-ring (bicyclic) bond motifs is 1. The zero-order valence-electron chi connectivity index (χ0n) is 14.6. The summed E-state index contributed by atoms with van der Waals surface area (Å²) in [6.45, 7) is 0.461. The molecule has 3 aromatic rings. The van der Waals surface area contributed by atoms with Crippen molar-refractivity contribution in [3.63, 3.8) is 0 Å². The number of aliphatic hydroxyl groups is 1. The molecule has 0 unspecified atom stereocenters. The van der Waals surface area contributed by atoms with Crippen LogP contribution in [0.25, 0.3) is 10.9 Å². The lowest BCUT2D eigenvalue weighted by Gasteiger charge is -2.08. The minimum Gasteiger partial charge on any atom is -0.378 e. The van der Waals surface area contributed by atoms with Crippen molar-refractivity contribution in [2.75, 3.05) is 0 Å². The topological polar surface area (TPSA) is 110 Å². The maximum Gasteiger partial charge on any atom is 0.273 e. The monoisotopic (exact) mass is 364 g/mol. The summed E-state index contributed by atoms with van der Waals surface area (Å²) in [5, 5.41) is 14.9. The van der Waals surface area contributed by atoms with Crippen molar-refractivity contribution >= 4 is 28.9 Å². The fraction of sp³-hybridized carbons (Fsp3) is 0.150. The van der Waals surface area contributed by atoms with Crippen LogP contribution >= 0.6 is 0 Å². The van der Waals surface area contributed by atoms with Gasteiger partial charge in [-0.15, -0.1) is 0 Å². The molecule has 1 heterocycles. The fourth-order valence-electron chi connectivity index (χ4n) is 2.81. The van der Waals surface area contributed by atoms with Crippen molar-refractivity contribution in [3.05, 3.63) is 71.9 Å². The summed E-state index contributed by atoms with van der Waals surface area (Å²) < 4.78 is 1.92. The molecule has 2 amide bonds. The van der Waals surface area contributed by atoms with Gasteiger partial charge < -0.3 is 15.4 Å². The van der Waals surface area contributed by atoms with Gasteiger partial charge in [0.1, 0.15) is 0 Å². The number of carbonyl (C=O) groups is 2. The van der Waals surface area contributed by atoms with Gasteiger partial charge in [-0.2, -0.15) is 5.10 Å². The second kappa shape index (κ2) is 8.29. The van der Waals surface area contributed by atoms with E-state index in [1.807, 2.05) is 35.0 Å². The van der Waals surface area contributed by atoms with Crippen LogP contribution in [-0.2, 0) is 16.1 Å². The highest BCUT2D eigenvalue weighted by Gasteiger charge is 2.16. The first-order valence-corrected chi connectivity index (χ1v) is 8.48. The molecule has 138 valence electrons. The molecule has 3 rings (SSSR count). The van der Waals surface area contributed by atoms with Crippen LogP contribution in [-0.4, -0.2) is 27.7 Å². The van der Waals surface area contributed by atoms with Crippen LogP contribution in [0, 0.1) is 0 Å². The third-order valence-electron chi connectivity index (χ3n) is 4.16. The van der Waals surface area contributed by atoms with E-state index in [4.69, 9.17) is 5.73 Å². The molecule has 7 heteroatoms. The second-order valence-electron chi connectivity index (χ2n) is 6.06. The van der Waals surface area contributed by atoms with Crippen LogP contribution < -0.4 is 11.2 Å². The van der Waals surface area contributed by atoms with E-state index in [0.717, 1.165) is 16.5 Å².